The number of nitrogens with zero attached hydrogens (tertiary/aromatic N) is 2. The van der Waals surface area contributed by atoms with Crippen molar-refractivity contribution in [1.29, 1.82) is 0 Å². The first kappa shape index (κ1) is 10.8. The first-order valence-electron chi connectivity index (χ1n) is 5.15. The zero-order chi connectivity index (χ0) is 11.4. The van der Waals surface area contributed by atoms with Gasteiger partial charge in [-0.2, -0.15) is 0 Å². The Morgan fingerprint density at radius 3 is 3.00 bits per heavy atom. The lowest BCUT2D eigenvalue weighted by atomic mass is 10.0. The summed E-state index contributed by atoms with van der Waals surface area (Å²) in [6.45, 7) is 2.03. The van der Waals surface area contributed by atoms with Gasteiger partial charge < -0.3 is 4.42 Å². The Kier molecular flexibility index (Phi) is 3.28. The van der Waals surface area contributed by atoms with E-state index in [9.17, 15) is 0 Å². The van der Waals surface area contributed by atoms with Crippen LogP contribution in [0.4, 0.5) is 0 Å². The van der Waals surface area contributed by atoms with Gasteiger partial charge in [0.05, 0.1) is 24.2 Å². The number of nitrogens with one attached hydrogen (secondary N) is 1. The van der Waals surface area contributed by atoms with Crippen LogP contribution in [0.15, 0.2) is 35.3 Å². The van der Waals surface area contributed by atoms with Gasteiger partial charge in [-0.15, -0.1) is 0 Å². The lowest BCUT2D eigenvalue weighted by Crippen LogP contribution is -2.29. The number of furan rings is 1. The van der Waals surface area contributed by atoms with E-state index in [0.29, 0.717) is 0 Å². The predicted octanol–water partition coefficient (Wildman–Crippen LogP) is 1.18. The van der Waals surface area contributed by atoms with Gasteiger partial charge in [-0.1, -0.05) is 6.92 Å². The third kappa shape index (κ3) is 1.95. The molecule has 5 heteroatoms. The SMILES string of the molecule is CCc1occc1C(NN)c1cnccn1. The molecule has 1 atom stereocenters. The lowest BCUT2D eigenvalue weighted by molar-refractivity contribution is 0.500. The summed E-state index contributed by atoms with van der Waals surface area (Å²) in [6.07, 6.45) is 7.45. The number of hydrazine groups is 1. The number of hydrogen-bond acceptors (Lipinski definition) is 5. The molecule has 2 rings (SSSR count). The van der Waals surface area contributed by atoms with Crippen LogP contribution in [0.2, 0.25) is 0 Å². The fourth-order valence-corrected chi connectivity index (χ4v) is 1.69. The van der Waals surface area contributed by atoms with Crippen LogP contribution in [0.25, 0.3) is 0 Å². The van der Waals surface area contributed by atoms with E-state index in [4.69, 9.17) is 10.3 Å². The van der Waals surface area contributed by atoms with Crippen molar-refractivity contribution in [2.45, 2.75) is 19.4 Å². The van der Waals surface area contributed by atoms with E-state index in [0.717, 1.165) is 23.4 Å². The van der Waals surface area contributed by atoms with Crippen molar-refractivity contribution in [2.75, 3.05) is 0 Å². The van der Waals surface area contributed by atoms with Crippen molar-refractivity contribution in [3.8, 4) is 0 Å². The molecule has 5 nitrogen and oxygen atoms in total. The molecule has 2 heterocycles. The Labute approximate surface area is 93.7 Å². The standard InChI is InChI=1S/C11H14N4O/c1-2-10-8(3-6-16-10)11(15-12)9-7-13-4-5-14-9/h3-7,11,15H,2,12H2,1H3. The van der Waals surface area contributed by atoms with Crippen LogP contribution in [0.5, 0.6) is 0 Å². The monoisotopic (exact) mass is 218 g/mol. The van der Waals surface area contributed by atoms with Crippen LogP contribution >= 0.6 is 0 Å². The van der Waals surface area contributed by atoms with Crippen LogP contribution in [-0.2, 0) is 6.42 Å². The van der Waals surface area contributed by atoms with Gasteiger partial charge in [0.1, 0.15) is 5.76 Å². The van der Waals surface area contributed by atoms with E-state index in [1.165, 1.54) is 0 Å². The minimum absolute atomic E-state index is 0.178. The molecule has 0 radical (unpaired) electrons. The quantitative estimate of drug-likeness (QED) is 0.595. The summed E-state index contributed by atoms with van der Waals surface area (Å²) in [7, 11) is 0. The van der Waals surface area contributed by atoms with E-state index in [-0.39, 0.29) is 6.04 Å². The topological polar surface area (TPSA) is 77.0 Å². The number of hydrogen-bond donors (Lipinski definition) is 2. The summed E-state index contributed by atoms with van der Waals surface area (Å²) < 4.78 is 5.37. The van der Waals surface area contributed by atoms with Gasteiger partial charge in [-0.05, 0) is 6.07 Å². The minimum Gasteiger partial charge on any atom is -0.469 e. The second kappa shape index (κ2) is 4.87. The maximum Gasteiger partial charge on any atom is 0.108 e. The molecule has 0 aliphatic carbocycles. The van der Waals surface area contributed by atoms with Gasteiger partial charge in [-0.3, -0.25) is 15.8 Å². The summed E-state index contributed by atoms with van der Waals surface area (Å²) in [6, 6.07) is 1.72. The van der Waals surface area contributed by atoms with E-state index in [2.05, 4.69) is 15.4 Å². The van der Waals surface area contributed by atoms with Crippen molar-refractivity contribution >= 4 is 0 Å². The molecule has 0 amide bonds. The second-order valence-corrected chi connectivity index (χ2v) is 3.38. The highest BCUT2D eigenvalue weighted by atomic mass is 16.3. The van der Waals surface area contributed by atoms with Crippen LogP contribution in [0, 0.1) is 0 Å². The highest BCUT2D eigenvalue weighted by molar-refractivity contribution is 5.28. The number of aromatic nitrogens is 2. The van der Waals surface area contributed by atoms with Gasteiger partial charge in [0.15, 0.2) is 0 Å². The molecule has 0 saturated carbocycles. The average molecular weight is 218 g/mol. The molecule has 16 heavy (non-hydrogen) atoms. The fraction of sp³-hybridized carbons (Fsp3) is 0.273. The van der Waals surface area contributed by atoms with Crippen LogP contribution in [0.1, 0.15) is 30.0 Å². The zero-order valence-electron chi connectivity index (χ0n) is 9.05. The van der Waals surface area contributed by atoms with Crippen molar-refractivity contribution in [3.05, 3.63) is 47.9 Å². The Morgan fingerprint density at radius 1 is 1.50 bits per heavy atom. The smallest absolute Gasteiger partial charge is 0.108 e. The Morgan fingerprint density at radius 2 is 2.38 bits per heavy atom. The average Bonchev–Trinajstić information content (AvgIpc) is 2.80. The Balaban J connectivity index is 2.37. The molecule has 0 fully saturated rings. The Hall–Kier alpha value is -1.72. The molecule has 0 aliphatic heterocycles. The highest BCUT2D eigenvalue weighted by Crippen LogP contribution is 2.23. The molecule has 0 aromatic carbocycles. The van der Waals surface area contributed by atoms with E-state index < -0.39 is 0 Å². The van der Waals surface area contributed by atoms with Gasteiger partial charge in [0.25, 0.3) is 0 Å². The molecule has 84 valence electrons. The lowest BCUT2D eigenvalue weighted by Gasteiger charge is -2.14. The summed E-state index contributed by atoms with van der Waals surface area (Å²) in [4.78, 5) is 8.26. The van der Waals surface area contributed by atoms with E-state index in [1.54, 1.807) is 24.9 Å². The predicted molar refractivity (Wildman–Crippen MR) is 59.3 cm³/mol. The fourth-order valence-electron chi connectivity index (χ4n) is 1.69. The number of rotatable bonds is 4. The van der Waals surface area contributed by atoms with Crippen LogP contribution < -0.4 is 11.3 Å². The van der Waals surface area contributed by atoms with E-state index in [1.807, 2.05) is 13.0 Å². The summed E-state index contributed by atoms with van der Waals surface area (Å²) >= 11 is 0. The maximum absolute atomic E-state index is 5.56. The molecule has 0 bridgehead atoms. The molecular weight excluding hydrogens is 204 g/mol. The summed E-state index contributed by atoms with van der Waals surface area (Å²) in [5.74, 6) is 6.47. The minimum atomic E-state index is -0.178. The summed E-state index contributed by atoms with van der Waals surface area (Å²) in [5, 5.41) is 0. The third-order valence-electron chi connectivity index (χ3n) is 2.46. The molecule has 1 unspecified atom stereocenters. The molecular formula is C11H14N4O. The molecule has 0 saturated heterocycles. The van der Waals surface area contributed by atoms with Crippen molar-refractivity contribution in [3.63, 3.8) is 0 Å². The van der Waals surface area contributed by atoms with Crippen molar-refractivity contribution in [2.24, 2.45) is 5.84 Å². The highest BCUT2D eigenvalue weighted by Gasteiger charge is 2.18. The number of nitrogens with two attached hydrogens (primary N) is 1. The first-order valence-corrected chi connectivity index (χ1v) is 5.15. The third-order valence-corrected chi connectivity index (χ3v) is 2.46. The van der Waals surface area contributed by atoms with Gasteiger partial charge in [-0.25, -0.2) is 5.43 Å². The second-order valence-electron chi connectivity index (χ2n) is 3.38. The molecule has 0 spiro atoms. The maximum atomic E-state index is 5.56. The van der Waals surface area contributed by atoms with Gasteiger partial charge in [0.2, 0.25) is 0 Å². The largest absolute Gasteiger partial charge is 0.469 e. The first-order chi connectivity index (χ1) is 7.86. The van der Waals surface area contributed by atoms with Gasteiger partial charge in [0, 0.05) is 24.4 Å². The number of aryl methyl sites for hydroxylation is 1. The molecule has 2 aromatic rings. The normalized spacial score (nSPS) is 12.6. The van der Waals surface area contributed by atoms with Crippen molar-refractivity contribution in [1.82, 2.24) is 15.4 Å². The molecule has 0 aliphatic rings. The van der Waals surface area contributed by atoms with Crippen LogP contribution in [0.3, 0.4) is 0 Å². The molecule has 3 N–H and O–H groups in total. The van der Waals surface area contributed by atoms with Crippen molar-refractivity contribution < 1.29 is 4.42 Å². The zero-order valence-corrected chi connectivity index (χ0v) is 9.05. The summed E-state index contributed by atoms with van der Waals surface area (Å²) in [5.41, 5.74) is 4.52. The van der Waals surface area contributed by atoms with E-state index >= 15 is 0 Å². The molecule has 2 aromatic heterocycles. The van der Waals surface area contributed by atoms with Crippen LogP contribution in [-0.4, -0.2) is 9.97 Å². The Bertz CT molecular complexity index is 440. The van der Waals surface area contributed by atoms with Gasteiger partial charge >= 0.3 is 0 Å².